The van der Waals surface area contributed by atoms with Crippen molar-refractivity contribution in [1.29, 1.82) is 0 Å². The van der Waals surface area contributed by atoms with E-state index in [4.69, 9.17) is 11.6 Å². The molecule has 9 heteroatoms. The van der Waals surface area contributed by atoms with Crippen molar-refractivity contribution in [3.05, 3.63) is 100 Å². The lowest BCUT2D eigenvalue weighted by Crippen LogP contribution is -2.29. The highest BCUT2D eigenvalue weighted by Crippen LogP contribution is 2.43. The molecule has 180 valence electrons. The van der Waals surface area contributed by atoms with E-state index in [1.54, 1.807) is 24.3 Å². The molecule has 1 saturated heterocycles. The van der Waals surface area contributed by atoms with Gasteiger partial charge in [-0.25, -0.2) is 0 Å². The quantitative estimate of drug-likeness (QED) is 0.269. The molecule has 1 aliphatic rings. The van der Waals surface area contributed by atoms with E-state index < -0.39 is 35.2 Å². The van der Waals surface area contributed by atoms with Gasteiger partial charge in [0.05, 0.1) is 17.2 Å². The molecule has 3 aromatic carbocycles. The minimum Gasteiger partial charge on any atom is -0.507 e. The summed E-state index contributed by atoms with van der Waals surface area (Å²) in [5.74, 6) is -2.49. The topological polar surface area (TPSA) is 60.9 Å². The number of benzene rings is 3. The third kappa shape index (κ3) is 4.61. The van der Waals surface area contributed by atoms with Gasteiger partial charge in [0, 0.05) is 36.1 Å². The number of alkyl halides is 3. The van der Waals surface area contributed by atoms with Gasteiger partial charge in [0.15, 0.2) is 0 Å². The second-order valence-electron chi connectivity index (χ2n) is 8.21. The minimum absolute atomic E-state index is 0.112. The molecule has 1 fully saturated rings. The standard InChI is InChI=1S/C26H20ClF3N2O3/c1-31(2)19-12-8-15(9-13-19)22-21(23(33)16-6-10-18(27)11-7-16)24(34)25(35)32(22)20-5-3-4-17(14-20)26(28,29)30/h3-14,22,33H,1-2H3/b23-21+. The third-order valence-electron chi connectivity index (χ3n) is 5.74. The van der Waals surface area contributed by atoms with Gasteiger partial charge in [0.2, 0.25) is 0 Å². The maximum atomic E-state index is 13.4. The molecule has 0 bridgehead atoms. The van der Waals surface area contributed by atoms with E-state index in [2.05, 4.69) is 0 Å². The van der Waals surface area contributed by atoms with Gasteiger partial charge in [-0.3, -0.25) is 14.5 Å². The van der Waals surface area contributed by atoms with E-state index >= 15 is 0 Å². The second-order valence-corrected chi connectivity index (χ2v) is 8.65. The molecule has 1 aliphatic heterocycles. The molecule has 0 saturated carbocycles. The molecule has 5 nitrogen and oxygen atoms in total. The lowest BCUT2D eigenvalue weighted by Gasteiger charge is -2.26. The van der Waals surface area contributed by atoms with Crippen molar-refractivity contribution in [2.75, 3.05) is 23.9 Å². The number of aliphatic hydroxyl groups is 1. The first-order valence-corrected chi connectivity index (χ1v) is 10.9. The van der Waals surface area contributed by atoms with Crippen LogP contribution < -0.4 is 9.80 Å². The zero-order chi connectivity index (χ0) is 25.5. The molecule has 0 aliphatic carbocycles. The Bertz CT molecular complexity index is 1320. The second kappa shape index (κ2) is 9.11. The molecule has 1 amide bonds. The van der Waals surface area contributed by atoms with E-state index in [0.717, 1.165) is 22.7 Å². The largest absolute Gasteiger partial charge is 0.507 e. The third-order valence-corrected chi connectivity index (χ3v) is 5.99. The van der Waals surface area contributed by atoms with Gasteiger partial charge in [-0.2, -0.15) is 13.2 Å². The molecule has 0 spiro atoms. The van der Waals surface area contributed by atoms with Crippen LogP contribution in [0.1, 0.15) is 22.7 Å². The average molecular weight is 501 g/mol. The first-order chi connectivity index (χ1) is 16.5. The zero-order valence-electron chi connectivity index (χ0n) is 18.7. The molecule has 1 heterocycles. The summed E-state index contributed by atoms with van der Waals surface area (Å²) >= 11 is 5.92. The zero-order valence-corrected chi connectivity index (χ0v) is 19.4. The molecule has 4 rings (SSSR count). The van der Waals surface area contributed by atoms with Crippen LogP contribution in [0.3, 0.4) is 0 Å². The SMILES string of the molecule is CN(C)c1ccc(C2/C(=C(\O)c3ccc(Cl)cc3)C(=O)C(=O)N2c2cccc(C(F)(F)F)c2)cc1. The number of Topliss-reactive ketones (excluding diaryl/α,β-unsaturated/α-hetero) is 1. The smallest absolute Gasteiger partial charge is 0.416 e. The highest BCUT2D eigenvalue weighted by Gasteiger charge is 2.47. The van der Waals surface area contributed by atoms with Crippen LogP contribution in [0.5, 0.6) is 0 Å². The maximum absolute atomic E-state index is 13.4. The van der Waals surface area contributed by atoms with Crippen LogP contribution in [-0.2, 0) is 15.8 Å². The van der Waals surface area contributed by atoms with E-state index in [9.17, 15) is 27.9 Å². The predicted octanol–water partition coefficient (Wildman–Crippen LogP) is 6.05. The lowest BCUT2D eigenvalue weighted by atomic mass is 9.95. The summed E-state index contributed by atoms with van der Waals surface area (Å²) in [6.07, 6.45) is -4.64. The summed E-state index contributed by atoms with van der Waals surface area (Å²) in [5, 5.41) is 11.5. The van der Waals surface area contributed by atoms with Gasteiger partial charge >= 0.3 is 6.18 Å². The summed E-state index contributed by atoms with van der Waals surface area (Å²) < 4.78 is 40.2. The summed E-state index contributed by atoms with van der Waals surface area (Å²) in [6.45, 7) is 0. The summed E-state index contributed by atoms with van der Waals surface area (Å²) in [6, 6.07) is 15.9. The first-order valence-electron chi connectivity index (χ1n) is 10.5. The van der Waals surface area contributed by atoms with Crippen molar-refractivity contribution in [2.45, 2.75) is 12.2 Å². The molecular formula is C26H20ClF3N2O3. The highest BCUT2D eigenvalue weighted by atomic mass is 35.5. The Hall–Kier alpha value is -3.78. The number of carbonyl (C=O) groups excluding carboxylic acids is 2. The molecule has 0 aromatic heterocycles. The van der Waals surface area contributed by atoms with E-state index in [-0.39, 0.29) is 16.8 Å². The van der Waals surface area contributed by atoms with Crippen LogP contribution >= 0.6 is 11.6 Å². The minimum atomic E-state index is -4.64. The number of hydrogen-bond acceptors (Lipinski definition) is 4. The Morgan fingerprint density at radius 1 is 0.971 bits per heavy atom. The van der Waals surface area contributed by atoms with Crippen LogP contribution in [0.4, 0.5) is 24.5 Å². The number of ketones is 1. The predicted molar refractivity (Wildman–Crippen MR) is 128 cm³/mol. The highest BCUT2D eigenvalue weighted by molar-refractivity contribution is 6.51. The summed E-state index contributed by atoms with van der Waals surface area (Å²) in [5.41, 5.74) is 0.221. The van der Waals surface area contributed by atoms with Crippen molar-refractivity contribution in [3.63, 3.8) is 0 Å². The number of carbonyl (C=O) groups is 2. The number of aliphatic hydroxyl groups excluding tert-OH is 1. The maximum Gasteiger partial charge on any atom is 0.416 e. The Kier molecular flexibility index (Phi) is 6.34. The van der Waals surface area contributed by atoms with Crippen LogP contribution in [-0.4, -0.2) is 30.9 Å². The number of halogens is 4. The lowest BCUT2D eigenvalue weighted by molar-refractivity contribution is -0.137. The van der Waals surface area contributed by atoms with Gasteiger partial charge in [0.1, 0.15) is 5.76 Å². The van der Waals surface area contributed by atoms with Crippen molar-refractivity contribution < 1.29 is 27.9 Å². The van der Waals surface area contributed by atoms with Crippen LogP contribution in [0.2, 0.25) is 5.02 Å². The van der Waals surface area contributed by atoms with Crippen molar-refractivity contribution >= 4 is 40.4 Å². The van der Waals surface area contributed by atoms with E-state index in [0.29, 0.717) is 10.6 Å². The summed E-state index contributed by atoms with van der Waals surface area (Å²) in [7, 11) is 3.68. The molecule has 0 radical (unpaired) electrons. The van der Waals surface area contributed by atoms with Gasteiger partial charge in [-0.05, 0) is 60.2 Å². The monoisotopic (exact) mass is 500 g/mol. The number of nitrogens with zero attached hydrogens (tertiary/aromatic N) is 2. The fourth-order valence-electron chi connectivity index (χ4n) is 3.96. The van der Waals surface area contributed by atoms with E-state index in [1.165, 1.54) is 36.4 Å². The van der Waals surface area contributed by atoms with Crippen LogP contribution in [0.25, 0.3) is 5.76 Å². The van der Waals surface area contributed by atoms with Gasteiger partial charge in [-0.15, -0.1) is 0 Å². The van der Waals surface area contributed by atoms with Crippen LogP contribution in [0.15, 0.2) is 78.4 Å². The molecule has 35 heavy (non-hydrogen) atoms. The molecule has 3 aromatic rings. The number of hydrogen-bond donors (Lipinski definition) is 1. The molecule has 1 unspecified atom stereocenters. The fraction of sp³-hybridized carbons (Fsp3) is 0.154. The number of anilines is 2. The Morgan fingerprint density at radius 2 is 1.60 bits per heavy atom. The van der Waals surface area contributed by atoms with Gasteiger partial charge in [-0.1, -0.05) is 29.8 Å². The first kappa shape index (κ1) is 24.3. The number of amides is 1. The van der Waals surface area contributed by atoms with Crippen molar-refractivity contribution in [1.82, 2.24) is 0 Å². The van der Waals surface area contributed by atoms with Crippen molar-refractivity contribution in [2.24, 2.45) is 0 Å². The Balaban J connectivity index is 1.93. The molecule has 1 atom stereocenters. The fourth-order valence-corrected chi connectivity index (χ4v) is 4.09. The Morgan fingerprint density at radius 3 is 2.17 bits per heavy atom. The van der Waals surface area contributed by atoms with Gasteiger partial charge < -0.3 is 10.0 Å². The Labute approximate surface area is 204 Å². The van der Waals surface area contributed by atoms with Crippen molar-refractivity contribution in [3.8, 4) is 0 Å². The molecule has 1 N–H and O–H groups in total. The average Bonchev–Trinajstić information content (AvgIpc) is 3.09. The normalized spacial score (nSPS) is 17.7. The summed E-state index contributed by atoms with van der Waals surface area (Å²) in [4.78, 5) is 29.1. The van der Waals surface area contributed by atoms with E-state index in [1.807, 2.05) is 19.0 Å². The number of rotatable bonds is 4. The van der Waals surface area contributed by atoms with Crippen LogP contribution in [0, 0.1) is 0 Å². The molecular weight excluding hydrogens is 481 g/mol. The van der Waals surface area contributed by atoms with Gasteiger partial charge in [0.25, 0.3) is 11.7 Å².